The predicted octanol–water partition coefficient (Wildman–Crippen LogP) is 3.80. The van der Waals surface area contributed by atoms with Crippen molar-refractivity contribution in [2.75, 3.05) is 18.4 Å². The van der Waals surface area contributed by atoms with Crippen molar-refractivity contribution in [2.24, 2.45) is 0 Å². The molecule has 7 heteroatoms. The van der Waals surface area contributed by atoms with Gasteiger partial charge in [-0.3, -0.25) is 9.10 Å². The van der Waals surface area contributed by atoms with Gasteiger partial charge in [-0.15, -0.1) is 0 Å². The largest absolute Gasteiger partial charge is 0.508 e. The van der Waals surface area contributed by atoms with Crippen LogP contribution in [0.4, 0.5) is 5.69 Å². The first-order valence-electron chi connectivity index (χ1n) is 9.37. The third kappa shape index (κ3) is 4.63. The Hall–Kier alpha value is -3.32. The predicted molar refractivity (Wildman–Crippen MR) is 117 cm³/mol. The van der Waals surface area contributed by atoms with Gasteiger partial charge in [0.2, 0.25) is 0 Å². The summed E-state index contributed by atoms with van der Waals surface area (Å²) in [5.74, 6) is -0.138. The van der Waals surface area contributed by atoms with Crippen LogP contribution in [0.3, 0.4) is 0 Å². The highest BCUT2D eigenvalue weighted by Crippen LogP contribution is 2.23. The summed E-state index contributed by atoms with van der Waals surface area (Å²) >= 11 is 0. The van der Waals surface area contributed by atoms with Gasteiger partial charge >= 0.3 is 0 Å². The Morgan fingerprint density at radius 2 is 1.57 bits per heavy atom. The number of hydrogen-bond acceptors (Lipinski definition) is 4. The number of hydrogen-bond donors (Lipinski definition) is 1. The number of rotatable bonds is 6. The first-order chi connectivity index (χ1) is 14.2. The van der Waals surface area contributed by atoms with E-state index in [2.05, 4.69) is 0 Å². The van der Waals surface area contributed by atoms with E-state index in [1.54, 1.807) is 55.6 Å². The van der Waals surface area contributed by atoms with Crippen LogP contribution in [0.15, 0.2) is 77.7 Å². The fourth-order valence-corrected chi connectivity index (χ4v) is 4.25. The molecule has 0 atom stereocenters. The van der Waals surface area contributed by atoms with Crippen LogP contribution >= 0.6 is 0 Å². The molecule has 156 valence electrons. The number of aromatic hydroxyl groups is 1. The molecule has 0 aliphatic rings. The molecule has 0 heterocycles. The van der Waals surface area contributed by atoms with Crippen molar-refractivity contribution >= 4 is 21.6 Å². The lowest BCUT2D eigenvalue weighted by Crippen LogP contribution is -2.28. The van der Waals surface area contributed by atoms with E-state index in [-0.39, 0.29) is 22.1 Å². The lowest BCUT2D eigenvalue weighted by atomic mass is 10.1. The number of phenols is 1. The summed E-state index contributed by atoms with van der Waals surface area (Å²) in [6, 6.07) is 19.8. The number of nitrogens with zero attached hydrogens (tertiary/aromatic N) is 2. The quantitative estimate of drug-likeness (QED) is 0.653. The number of aryl methyl sites for hydroxylation is 1. The van der Waals surface area contributed by atoms with Crippen molar-refractivity contribution in [3.63, 3.8) is 0 Å². The van der Waals surface area contributed by atoms with E-state index in [0.29, 0.717) is 12.2 Å². The van der Waals surface area contributed by atoms with E-state index < -0.39 is 10.0 Å². The highest BCUT2D eigenvalue weighted by Gasteiger charge is 2.23. The molecule has 0 saturated carbocycles. The molecular weight excluding hydrogens is 400 g/mol. The standard InChI is InChI=1S/C23H24N2O4S/c1-17-7-11-20(12-8-17)25(3)30(28,29)22-6-4-5-19(15-22)23(27)24(2)16-18-9-13-21(26)14-10-18/h4-15,26H,16H2,1-3H3. The molecule has 30 heavy (non-hydrogen) atoms. The van der Waals surface area contributed by atoms with Crippen molar-refractivity contribution in [3.8, 4) is 5.75 Å². The van der Waals surface area contributed by atoms with Gasteiger partial charge in [0.05, 0.1) is 10.6 Å². The molecule has 0 aromatic heterocycles. The lowest BCUT2D eigenvalue weighted by Gasteiger charge is -2.21. The summed E-state index contributed by atoms with van der Waals surface area (Å²) < 4.78 is 27.3. The van der Waals surface area contributed by atoms with E-state index in [0.717, 1.165) is 11.1 Å². The van der Waals surface area contributed by atoms with Crippen molar-refractivity contribution in [3.05, 3.63) is 89.5 Å². The SMILES string of the molecule is Cc1ccc(N(C)S(=O)(=O)c2cccc(C(=O)N(C)Cc3ccc(O)cc3)c2)cc1. The number of sulfonamides is 1. The van der Waals surface area contributed by atoms with Crippen LogP contribution in [0.1, 0.15) is 21.5 Å². The maximum atomic E-state index is 13.1. The highest BCUT2D eigenvalue weighted by molar-refractivity contribution is 7.92. The maximum Gasteiger partial charge on any atom is 0.264 e. The third-order valence-electron chi connectivity index (χ3n) is 4.84. The molecule has 0 radical (unpaired) electrons. The molecule has 0 aliphatic heterocycles. The second-order valence-electron chi connectivity index (χ2n) is 7.16. The monoisotopic (exact) mass is 424 g/mol. The molecule has 0 bridgehead atoms. The van der Waals surface area contributed by atoms with Gasteiger partial charge < -0.3 is 10.0 Å². The zero-order chi connectivity index (χ0) is 21.9. The van der Waals surface area contributed by atoms with Gasteiger partial charge in [0.1, 0.15) is 5.75 Å². The summed E-state index contributed by atoms with van der Waals surface area (Å²) in [5, 5.41) is 9.38. The average molecular weight is 425 g/mol. The summed E-state index contributed by atoms with van der Waals surface area (Å²) in [6.45, 7) is 2.27. The lowest BCUT2D eigenvalue weighted by molar-refractivity contribution is 0.0785. The normalized spacial score (nSPS) is 11.2. The first-order valence-corrected chi connectivity index (χ1v) is 10.8. The molecule has 0 fully saturated rings. The number of anilines is 1. The minimum Gasteiger partial charge on any atom is -0.508 e. The molecule has 0 spiro atoms. The fraction of sp³-hybridized carbons (Fsp3) is 0.174. The molecule has 6 nitrogen and oxygen atoms in total. The van der Waals surface area contributed by atoms with Crippen LogP contribution in [0.5, 0.6) is 5.75 Å². The zero-order valence-corrected chi connectivity index (χ0v) is 17.9. The molecule has 3 rings (SSSR count). The second kappa shape index (κ2) is 8.59. The van der Waals surface area contributed by atoms with Gasteiger partial charge in [-0.25, -0.2) is 8.42 Å². The van der Waals surface area contributed by atoms with Crippen molar-refractivity contribution in [1.82, 2.24) is 4.90 Å². The molecule has 0 unspecified atom stereocenters. The van der Waals surface area contributed by atoms with Gasteiger partial charge in [-0.05, 0) is 55.0 Å². The molecule has 0 aliphatic carbocycles. The number of phenolic OH excluding ortho intramolecular Hbond substituents is 1. The van der Waals surface area contributed by atoms with Crippen molar-refractivity contribution < 1.29 is 18.3 Å². The van der Waals surface area contributed by atoms with E-state index in [4.69, 9.17) is 0 Å². The van der Waals surface area contributed by atoms with Crippen molar-refractivity contribution in [1.29, 1.82) is 0 Å². The Labute approximate surface area is 177 Å². The topological polar surface area (TPSA) is 77.9 Å². The second-order valence-corrected chi connectivity index (χ2v) is 9.13. The van der Waals surface area contributed by atoms with E-state index in [1.807, 2.05) is 19.1 Å². The Bertz CT molecular complexity index is 1140. The minimum absolute atomic E-state index is 0.0504. The molecule has 3 aromatic rings. The van der Waals surface area contributed by atoms with Gasteiger partial charge in [-0.2, -0.15) is 0 Å². The number of carbonyl (C=O) groups is 1. The summed E-state index contributed by atoms with van der Waals surface area (Å²) in [7, 11) is -0.676. The van der Waals surface area contributed by atoms with Gasteiger partial charge in [-0.1, -0.05) is 35.9 Å². The average Bonchev–Trinajstić information content (AvgIpc) is 2.75. The fourth-order valence-electron chi connectivity index (χ4n) is 3.01. The molecule has 1 amide bonds. The van der Waals surface area contributed by atoms with Crippen LogP contribution in [-0.2, 0) is 16.6 Å². The van der Waals surface area contributed by atoms with Gasteiger partial charge in [0.15, 0.2) is 0 Å². The molecule has 3 aromatic carbocycles. The van der Waals surface area contributed by atoms with E-state index in [1.165, 1.54) is 28.4 Å². The Kier molecular flexibility index (Phi) is 6.12. The first kappa shape index (κ1) is 21.4. The molecular formula is C23H24N2O4S. The van der Waals surface area contributed by atoms with Crippen molar-refractivity contribution in [2.45, 2.75) is 18.4 Å². The summed E-state index contributed by atoms with van der Waals surface area (Å²) in [5.41, 5.74) is 2.72. The van der Waals surface area contributed by atoms with Crippen LogP contribution < -0.4 is 4.31 Å². The summed E-state index contributed by atoms with van der Waals surface area (Å²) in [6.07, 6.45) is 0. The van der Waals surface area contributed by atoms with Crippen LogP contribution in [0.25, 0.3) is 0 Å². The van der Waals surface area contributed by atoms with E-state index in [9.17, 15) is 18.3 Å². The van der Waals surface area contributed by atoms with Crippen LogP contribution in [-0.4, -0.2) is 38.4 Å². The van der Waals surface area contributed by atoms with E-state index >= 15 is 0 Å². The Balaban J connectivity index is 1.82. The number of amides is 1. The summed E-state index contributed by atoms with van der Waals surface area (Å²) in [4.78, 5) is 14.4. The zero-order valence-electron chi connectivity index (χ0n) is 17.1. The smallest absolute Gasteiger partial charge is 0.264 e. The minimum atomic E-state index is -3.82. The molecule has 1 N–H and O–H groups in total. The highest BCUT2D eigenvalue weighted by atomic mass is 32.2. The van der Waals surface area contributed by atoms with Gasteiger partial charge in [0, 0.05) is 26.2 Å². The number of carbonyl (C=O) groups excluding carboxylic acids is 1. The number of benzene rings is 3. The Morgan fingerprint density at radius 1 is 0.933 bits per heavy atom. The third-order valence-corrected chi connectivity index (χ3v) is 6.62. The van der Waals surface area contributed by atoms with Crippen LogP contribution in [0, 0.1) is 6.92 Å². The van der Waals surface area contributed by atoms with Gasteiger partial charge in [0.25, 0.3) is 15.9 Å². The van der Waals surface area contributed by atoms with Crippen LogP contribution in [0.2, 0.25) is 0 Å². The molecule has 0 saturated heterocycles. The maximum absolute atomic E-state index is 13.1. The Morgan fingerprint density at radius 3 is 2.20 bits per heavy atom.